The largest absolute Gasteiger partial charge is 0.573 e. The van der Waals surface area contributed by atoms with Crippen LogP contribution in [0.2, 0.25) is 0 Å². The summed E-state index contributed by atoms with van der Waals surface area (Å²) in [5.74, 6) is 0.727. The molecule has 2 bridgehead atoms. The number of para-hydroxylation sites is 1. The number of fused-ring (bicyclic) bond motifs is 2. The predicted octanol–water partition coefficient (Wildman–Crippen LogP) is 4.92. The standard InChI is InChI=1S/C21H23F3N2O3/c22-21(23,24)28-18-4-2-1-3-16(18)19-17(20(29-26-19)12-5-6-12)11-27-15-9-13-7-8-14(10-15)25-13/h1-4,12-15,25H,5-11H2/t13-,14?,15?/m1/s1. The summed E-state index contributed by atoms with van der Waals surface area (Å²) in [5, 5.41) is 7.72. The van der Waals surface area contributed by atoms with Crippen LogP contribution >= 0.6 is 0 Å². The van der Waals surface area contributed by atoms with Gasteiger partial charge in [0, 0.05) is 29.1 Å². The molecular formula is C21H23F3N2O3. The molecule has 0 spiro atoms. The van der Waals surface area contributed by atoms with Crippen molar-refractivity contribution in [3.63, 3.8) is 0 Å². The van der Waals surface area contributed by atoms with Crippen LogP contribution in [0, 0.1) is 0 Å². The van der Waals surface area contributed by atoms with Crippen LogP contribution in [0.15, 0.2) is 28.8 Å². The molecule has 2 saturated heterocycles. The molecule has 1 aromatic carbocycles. The first-order valence-corrected chi connectivity index (χ1v) is 10.2. The monoisotopic (exact) mass is 408 g/mol. The molecule has 29 heavy (non-hydrogen) atoms. The topological polar surface area (TPSA) is 56.5 Å². The van der Waals surface area contributed by atoms with E-state index in [-0.39, 0.29) is 29.9 Å². The molecule has 0 radical (unpaired) electrons. The fourth-order valence-corrected chi connectivity index (χ4v) is 4.56. The lowest BCUT2D eigenvalue weighted by atomic mass is 10.0. The molecule has 3 atom stereocenters. The fraction of sp³-hybridized carbons (Fsp3) is 0.571. The third kappa shape index (κ3) is 4.14. The lowest BCUT2D eigenvalue weighted by molar-refractivity contribution is -0.274. The van der Waals surface area contributed by atoms with E-state index in [4.69, 9.17) is 9.26 Å². The first-order chi connectivity index (χ1) is 14.0. The van der Waals surface area contributed by atoms with Crippen LogP contribution in [0.3, 0.4) is 0 Å². The molecule has 5 rings (SSSR count). The summed E-state index contributed by atoms with van der Waals surface area (Å²) in [7, 11) is 0. The van der Waals surface area contributed by atoms with Crippen molar-refractivity contribution in [2.24, 2.45) is 0 Å². The van der Waals surface area contributed by atoms with Crippen molar-refractivity contribution in [3.05, 3.63) is 35.6 Å². The number of benzene rings is 1. The van der Waals surface area contributed by atoms with Gasteiger partial charge in [0.15, 0.2) is 0 Å². The highest BCUT2D eigenvalue weighted by Crippen LogP contribution is 2.46. The van der Waals surface area contributed by atoms with Gasteiger partial charge >= 0.3 is 6.36 Å². The van der Waals surface area contributed by atoms with E-state index in [0.717, 1.165) is 37.0 Å². The Labute approximate surface area is 166 Å². The van der Waals surface area contributed by atoms with Gasteiger partial charge in [-0.15, -0.1) is 13.2 Å². The normalized spacial score (nSPS) is 26.7. The zero-order valence-electron chi connectivity index (χ0n) is 15.9. The zero-order chi connectivity index (χ0) is 20.0. The van der Waals surface area contributed by atoms with Crippen LogP contribution in [0.5, 0.6) is 5.75 Å². The molecule has 156 valence electrons. The number of hydrogen-bond donors (Lipinski definition) is 1. The maximum absolute atomic E-state index is 12.9. The molecular weight excluding hydrogens is 385 g/mol. The Balaban J connectivity index is 1.41. The maximum atomic E-state index is 12.9. The van der Waals surface area contributed by atoms with Crippen molar-refractivity contribution >= 4 is 0 Å². The molecule has 2 unspecified atom stereocenters. The van der Waals surface area contributed by atoms with Crippen LogP contribution in [0.1, 0.15) is 55.8 Å². The van der Waals surface area contributed by atoms with E-state index in [1.807, 2.05) is 0 Å². The summed E-state index contributed by atoms with van der Waals surface area (Å²) in [5.41, 5.74) is 1.39. The minimum atomic E-state index is -4.77. The van der Waals surface area contributed by atoms with Gasteiger partial charge in [-0.1, -0.05) is 17.3 Å². The maximum Gasteiger partial charge on any atom is 0.573 e. The van der Waals surface area contributed by atoms with Gasteiger partial charge < -0.3 is 19.3 Å². The minimum Gasteiger partial charge on any atom is -0.405 e. The number of rotatable bonds is 6. The Morgan fingerprint density at radius 1 is 1.07 bits per heavy atom. The summed E-state index contributed by atoms with van der Waals surface area (Å²) in [4.78, 5) is 0. The van der Waals surface area contributed by atoms with Gasteiger partial charge in [0.25, 0.3) is 0 Å². The molecule has 3 aliphatic rings. The summed E-state index contributed by atoms with van der Waals surface area (Å²) >= 11 is 0. The van der Waals surface area contributed by atoms with Crippen LogP contribution < -0.4 is 10.1 Å². The molecule has 2 aliphatic heterocycles. The minimum absolute atomic E-state index is 0.144. The average molecular weight is 408 g/mol. The highest BCUT2D eigenvalue weighted by Gasteiger charge is 2.37. The number of piperidine rings is 1. The Morgan fingerprint density at radius 2 is 1.79 bits per heavy atom. The molecule has 1 aromatic heterocycles. The highest BCUT2D eigenvalue weighted by molar-refractivity contribution is 5.70. The van der Waals surface area contributed by atoms with Gasteiger partial charge in [-0.2, -0.15) is 0 Å². The van der Waals surface area contributed by atoms with E-state index in [9.17, 15) is 13.2 Å². The van der Waals surface area contributed by atoms with Crippen molar-refractivity contribution < 1.29 is 27.2 Å². The fourth-order valence-electron chi connectivity index (χ4n) is 4.56. The Bertz CT molecular complexity index is 866. The average Bonchev–Trinajstić information content (AvgIpc) is 3.35. The van der Waals surface area contributed by atoms with E-state index in [1.165, 1.54) is 25.0 Å². The van der Waals surface area contributed by atoms with Gasteiger partial charge in [-0.25, -0.2) is 0 Å². The third-order valence-corrected chi connectivity index (χ3v) is 6.03. The molecule has 2 aromatic rings. The van der Waals surface area contributed by atoms with Crippen LogP contribution in [0.4, 0.5) is 13.2 Å². The van der Waals surface area contributed by atoms with Crippen molar-refractivity contribution in [3.8, 4) is 17.0 Å². The molecule has 1 N–H and O–H groups in total. The second-order valence-electron chi connectivity index (χ2n) is 8.23. The van der Waals surface area contributed by atoms with Crippen molar-refractivity contribution in [1.29, 1.82) is 0 Å². The van der Waals surface area contributed by atoms with E-state index in [1.54, 1.807) is 12.1 Å². The Hall–Kier alpha value is -2.06. The molecule has 1 saturated carbocycles. The first-order valence-electron chi connectivity index (χ1n) is 10.2. The number of alkyl halides is 3. The van der Waals surface area contributed by atoms with Crippen LogP contribution in [0.25, 0.3) is 11.3 Å². The SMILES string of the molecule is FC(F)(F)Oc1ccccc1-c1noc(C2CC2)c1COC1CC2CC[C@H](C1)N2. The molecule has 3 heterocycles. The summed E-state index contributed by atoms with van der Waals surface area (Å²) in [6, 6.07) is 7.05. The number of aromatic nitrogens is 1. The lowest BCUT2D eigenvalue weighted by Gasteiger charge is -2.29. The number of ether oxygens (including phenoxy) is 2. The van der Waals surface area contributed by atoms with Crippen LogP contribution in [-0.4, -0.2) is 29.7 Å². The molecule has 3 fully saturated rings. The van der Waals surface area contributed by atoms with Gasteiger partial charge in [-0.3, -0.25) is 0 Å². The van der Waals surface area contributed by atoms with Gasteiger partial charge in [-0.05, 0) is 50.7 Å². The smallest absolute Gasteiger partial charge is 0.405 e. The predicted molar refractivity (Wildman–Crippen MR) is 98.4 cm³/mol. The molecule has 0 amide bonds. The quantitative estimate of drug-likeness (QED) is 0.736. The summed E-state index contributed by atoms with van der Waals surface area (Å²) in [6.45, 7) is 0.287. The number of hydrogen-bond acceptors (Lipinski definition) is 5. The van der Waals surface area contributed by atoms with Gasteiger partial charge in [0.2, 0.25) is 0 Å². The molecule has 8 heteroatoms. The van der Waals surface area contributed by atoms with Crippen molar-refractivity contribution in [2.45, 2.75) is 75.6 Å². The lowest BCUT2D eigenvalue weighted by Crippen LogP contribution is -2.41. The second-order valence-corrected chi connectivity index (χ2v) is 8.23. The molecule has 1 aliphatic carbocycles. The Kier molecular flexibility index (Phi) is 4.78. The van der Waals surface area contributed by atoms with E-state index >= 15 is 0 Å². The highest BCUT2D eigenvalue weighted by atomic mass is 19.4. The van der Waals surface area contributed by atoms with Crippen molar-refractivity contribution in [2.75, 3.05) is 0 Å². The van der Waals surface area contributed by atoms with Gasteiger partial charge in [0.1, 0.15) is 17.2 Å². The van der Waals surface area contributed by atoms with Crippen molar-refractivity contribution in [1.82, 2.24) is 10.5 Å². The van der Waals surface area contributed by atoms with Crippen LogP contribution in [-0.2, 0) is 11.3 Å². The number of halogens is 3. The van der Waals surface area contributed by atoms with E-state index in [0.29, 0.717) is 17.8 Å². The van der Waals surface area contributed by atoms with E-state index < -0.39 is 6.36 Å². The second kappa shape index (κ2) is 7.32. The first kappa shape index (κ1) is 18.9. The molecule has 5 nitrogen and oxygen atoms in total. The zero-order valence-corrected chi connectivity index (χ0v) is 15.9. The van der Waals surface area contributed by atoms with E-state index in [2.05, 4.69) is 15.2 Å². The summed E-state index contributed by atoms with van der Waals surface area (Å²) in [6.07, 6.45) is 1.65. The third-order valence-electron chi connectivity index (χ3n) is 6.03. The number of nitrogens with zero attached hydrogens (tertiary/aromatic N) is 1. The number of nitrogens with one attached hydrogen (secondary N) is 1. The summed E-state index contributed by atoms with van der Waals surface area (Å²) < 4.78 is 54.6. The Morgan fingerprint density at radius 3 is 2.48 bits per heavy atom. The van der Waals surface area contributed by atoms with Gasteiger partial charge in [0.05, 0.1) is 12.7 Å².